The van der Waals surface area contributed by atoms with Crippen LogP contribution in [0.4, 0.5) is 5.69 Å². The Morgan fingerprint density at radius 3 is 2.68 bits per heavy atom. The summed E-state index contributed by atoms with van der Waals surface area (Å²) in [6.45, 7) is 7.11. The summed E-state index contributed by atoms with van der Waals surface area (Å²) in [5, 5.41) is 2.14. The fourth-order valence-corrected chi connectivity index (χ4v) is 3.01. The molecule has 2 N–H and O–H groups in total. The largest absolute Gasteiger partial charge is 0.367 e. The van der Waals surface area contributed by atoms with Gasteiger partial charge >= 0.3 is 0 Å². The number of hydrogen-bond donors (Lipinski definition) is 1. The molecular weight excluding hydrogens is 252 g/mol. The molecule has 0 radical (unpaired) electrons. The average Bonchev–Trinajstić information content (AvgIpc) is 2.91. The Hall–Kier alpha value is -1.32. The van der Waals surface area contributed by atoms with E-state index >= 15 is 0 Å². The lowest BCUT2D eigenvalue weighted by Gasteiger charge is -2.23. The summed E-state index contributed by atoms with van der Waals surface area (Å²) in [5.74, 6) is 0. The first kappa shape index (κ1) is 14.1. The summed E-state index contributed by atoms with van der Waals surface area (Å²) >= 11 is 1.82. The molecule has 1 aromatic heterocycles. The van der Waals surface area contributed by atoms with Gasteiger partial charge < -0.3 is 10.6 Å². The Morgan fingerprint density at radius 2 is 2.11 bits per heavy atom. The maximum absolute atomic E-state index is 5.63. The molecule has 0 atom stereocenters. The molecule has 0 aliphatic rings. The second-order valence-electron chi connectivity index (χ2n) is 4.74. The molecule has 0 aliphatic heterocycles. The van der Waals surface area contributed by atoms with Gasteiger partial charge in [-0.25, -0.2) is 0 Å². The number of aryl methyl sites for hydroxylation is 1. The zero-order valence-electron chi connectivity index (χ0n) is 11.7. The molecule has 2 aromatic rings. The first-order chi connectivity index (χ1) is 9.24. The molecule has 2 nitrogen and oxygen atoms in total. The van der Waals surface area contributed by atoms with Gasteiger partial charge in [-0.2, -0.15) is 0 Å². The molecule has 0 bridgehead atoms. The summed E-state index contributed by atoms with van der Waals surface area (Å²) in [5.41, 5.74) is 9.63. The van der Waals surface area contributed by atoms with E-state index in [1.165, 1.54) is 21.7 Å². The Kier molecular flexibility index (Phi) is 5.00. The van der Waals surface area contributed by atoms with Crippen LogP contribution in [0, 0.1) is 6.92 Å². The van der Waals surface area contributed by atoms with Crippen molar-refractivity contribution in [1.29, 1.82) is 0 Å². The van der Waals surface area contributed by atoms with Gasteiger partial charge in [-0.05, 0) is 61.5 Å². The molecule has 19 heavy (non-hydrogen) atoms. The van der Waals surface area contributed by atoms with Crippen LogP contribution in [0.3, 0.4) is 0 Å². The van der Waals surface area contributed by atoms with E-state index in [0.29, 0.717) is 6.54 Å². The van der Waals surface area contributed by atoms with Crippen molar-refractivity contribution in [2.45, 2.75) is 26.8 Å². The summed E-state index contributed by atoms with van der Waals surface area (Å²) in [4.78, 5) is 3.82. The summed E-state index contributed by atoms with van der Waals surface area (Å²) in [6, 6.07) is 11.0. The van der Waals surface area contributed by atoms with E-state index < -0.39 is 0 Å². The number of rotatable bonds is 6. The quantitative estimate of drug-likeness (QED) is 0.872. The third kappa shape index (κ3) is 3.58. The smallest absolute Gasteiger partial charge is 0.0522 e. The summed E-state index contributed by atoms with van der Waals surface area (Å²) in [7, 11) is 0. The number of hydrogen-bond acceptors (Lipinski definition) is 3. The minimum atomic E-state index is 0.715. The third-order valence-corrected chi connectivity index (χ3v) is 4.27. The minimum absolute atomic E-state index is 0.715. The number of thiophene rings is 1. The minimum Gasteiger partial charge on any atom is -0.367 e. The van der Waals surface area contributed by atoms with Gasteiger partial charge in [-0.3, -0.25) is 0 Å². The standard InChI is InChI=1S/C16H22N2S/c1-3-18(12-16-5-4-10-19-16)15-7-6-14(8-9-17)13(2)11-15/h4-7,10-11H,3,8-9,12,17H2,1-2H3. The fraction of sp³-hybridized carbons (Fsp3) is 0.375. The van der Waals surface area contributed by atoms with E-state index in [-0.39, 0.29) is 0 Å². The van der Waals surface area contributed by atoms with Gasteiger partial charge in [0.15, 0.2) is 0 Å². The molecule has 0 amide bonds. The van der Waals surface area contributed by atoms with Crippen LogP contribution in [0.25, 0.3) is 0 Å². The lowest BCUT2D eigenvalue weighted by atomic mass is 10.0. The molecule has 1 aromatic carbocycles. The average molecular weight is 274 g/mol. The Morgan fingerprint density at radius 1 is 1.26 bits per heavy atom. The van der Waals surface area contributed by atoms with E-state index in [1.54, 1.807) is 0 Å². The zero-order chi connectivity index (χ0) is 13.7. The molecule has 0 saturated carbocycles. The second kappa shape index (κ2) is 6.73. The highest BCUT2D eigenvalue weighted by Gasteiger charge is 2.07. The highest BCUT2D eigenvalue weighted by molar-refractivity contribution is 7.09. The van der Waals surface area contributed by atoms with E-state index in [4.69, 9.17) is 5.73 Å². The number of anilines is 1. The highest BCUT2D eigenvalue weighted by Crippen LogP contribution is 2.22. The van der Waals surface area contributed by atoms with Crippen molar-refractivity contribution in [2.24, 2.45) is 5.73 Å². The Bertz CT molecular complexity index is 505. The van der Waals surface area contributed by atoms with Gasteiger partial charge in [0.1, 0.15) is 0 Å². The molecule has 2 rings (SSSR count). The van der Waals surface area contributed by atoms with Crippen molar-refractivity contribution in [3.63, 3.8) is 0 Å². The van der Waals surface area contributed by atoms with Crippen LogP contribution in [-0.2, 0) is 13.0 Å². The summed E-state index contributed by atoms with van der Waals surface area (Å²) < 4.78 is 0. The normalized spacial score (nSPS) is 10.7. The molecule has 0 unspecified atom stereocenters. The highest BCUT2D eigenvalue weighted by atomic mass is 32.1. The van der Waals surface area contributed by atoms with E-state index in [2.05, 4.69) is 54.5 Å². The van der Waals surface area contributed by atoms with Gasteiger partial charge in [-0.1, -0.05) is 12.1 Å². The first-order valence-corrected chi connectivity index (χ1v) is 7.69. The first-order valence-electron chi connectivity index (χ1n) is 6.81. The molecule has 0 aliphatic carbocycles. The van der Waals surface area contributed by atoms with Gasteiger partial charge in [0, 0.05) is 17.1 Å². The van der Waals surface area contributed by atoms with Crippen molar-refractivity contribution < 1.29 is 0 Å². The molecule has 0 spiro atoms. The molecule has 0 fully saturated rings. The molecule has 3 heteroatoms. The molecule has 102 valence electrons. The SMILES string of the molecule is CCN(Cc1cccs1)c1ccc(CCN)c(C)c1. The topological polar surface area (TPSA) is 29.3 Å². The zero-order valence-corrected chi connectivity index (χ0v) is 12.5. The van der Waals surface area contributed by atoms with Gasteiger partial charge in [0.05, 0.1) is 6.54 Å². The van der Waals surface area contributed by atoms with Crippen molar-refractivity contribution >= 4 is 17.0 Å². The van der Waals surface area contributed by atoms with Crippen molar-refractivity contribution in [1.82, 2.24) is 0 Å². The van der Waals surface area contributed by atoms with Gasteiger partial charge in [0.25, 0.3) is 0 Å². The van der Waals surface area contributed by atoms with Crippen LogP contribution in [0.15, 0.2) is 35.7 Å². The summed E-state index contributed by atoms with van der Waals surface area (Å²) in [6.07, 6.45) is 0.961. The second-order valence-corrected chi connectivity index (χ2v) is 5.78. The Labute approximate surface area is 119 Å². The number of nitrogens with zero attached hydrogens (tertiary/aromatic N) is 1. The number of benzene rings is 1. The van der Waals surface area contributed by atoms with E-state index in [0.717, 1.165) is 19.5 Å². The number of nitrogens with two attached hydrogens (primary N) is 1. The van der Waals surface area contributed by atoms with Crippen molar-refractivity contribution in [3.05, 3.63) is 51.7 Å². The predicted octanol–water partition coefficient (Wildman–Crippen LogP) is 3.58. The third-order valence-electron chi connectivity index (χ3n) is 3.41. The van der Waals surface area contributed by atoms with Crippen LogP contribution in [0.5, 0.6) is 0 Å². The van der Waals surface area contributed by atoms with Crippen LogP contribution in [-0.4, -0.2) is 13.1 Å². The lowest BCUT2D eigenvalue weighted by molar-refractivity contribution is 0.840. The van der Waals surface area contributed by atoms with Crippen LogP contribution in [0.1, 0.15) is 22.9 Å². The van der Waals surface area contributed by atoms with Crippen LogP contribution in [0.2, 0.25) is 0 Å². The van der Waals surface area contributed by atoms with Crippen molar-refractivity contribution in [3.8, 4) is 0 Å². The predicted molar refractivity (Wildman–Crippen MR) is 85.0 cm³/mol. The Balaban J connectivity index is 2.16. The van der Waals surface area contributed by atoms with Gasteiger partial charge in [0.2, 0.25) is 0 Å². The molecular formula is C16H22N2S. The monoisotopic (exact) mass is 274 g/mol. The molecule has 1 heterocycles. The van der Waals surface area contributed by atoms with Crippen LogP contribution >= 0.6 is 11.3 Å². The van der Waals surface area contributed by atoms with Gasteiger partial charge in [-0.15, -0.1) is 11.3 Å². The fourth-order valence-electron chi connectivity index (χ4n) is 2.29. The maximum atomic E-state index is 5.63. The van der Waals surface area contributed by atoms with Crippen molar-refractivity contribution in [2.75, 3.05) is 18.0 Å². The van der Waals surface area contributed by atoms with E-state index in [9.17, 15) is 0 Å². The van der Waals surface area contributed by atoms with E-state index in [1.807, 2.05) is 11.3 Å². The lowest BCUT2D eigenvalue weighted by Crippen LogP contribution is -2.21. The maximum Gasteiger partial charge on any atom is 0.0522 e. The van der Waals surface area contributed by atoms with Crippen LogP contribution < -0.4 is 10.6 Å². The molecule has 0 saturated heterocycles.